The number of hydrogen-bond acceptors (Lipinski definition) is 5. The van der Waals surface area contributed by atoms with Gasteiger partial charge in [-0.25, -0.2) is 14.5 Å². The summed E-state index contributed by atoms with van der Waals surface area (Å²) in [5.41, 5.74) is -0.0244. The molecule has 3 aliphatic rings. The molecule has 2 heterocycles. The Balaban J connectivity index is 1.49. The summed E-state index contributed by atoms with van der Waals surface area (Å²) in [6, 6.07) is 5.36. The molecule has 1 aromatic carbocycles. The first kappa shape index (κ1) is 18.7. The average molecular weight is 393 g/mol. The maximum Gasteiger partial charge on any atom is 0.416 e. The quantitative estimate of drug-likeness (QED) is 0.582. The standard InChI is InChI=1S/C20H18F3NO4/c21-20(22,23)15-5-3-4-13(10-15)16-11-14(16)12-24-9-2-1-8-19(24)27-17(25)6-7-18(26)28-19/h1-7,10,14,16H,8-9,11-12H2. The zero-order valence-electron chi connectivity index (χ0n) is 14.8. The minimum atomic E-state index is -4.38. The van der Waals surface area contributed by atoms with Crippen LogP contribution in [-0.4, -0.2) is 35.8 Å². The van der Waals surface area contributed by atoms with Gasteiger partial charge < -0.3 is 9.47 Å². The molecule has 0 aromatic heterocycles. The fraction of sp³-hybridized carbons (Fsp3) is 0.400. The van der Waals surface area contributed by atoms with Gasteiger partial charge in [-0.1, -0.05) is 30.4 Å². The number of halogens is 3. The maximum absolute atomic E-state index is 13.0. The number of benzene rings is 1. The number of nitrogens with zero attached hydrogens (tertiary/aromatic N) is 1. The molecular formula is C20H18F3NO4. The summed E-state index contributed by atoms with van der Waals surface area (Å²) in [6.07, 6.45) is 2.25. The fourth-order valence-corrected chi connectivity index (χ4v) is 3.75. The molecule has 1 aliphatic carbocycles. The van der Waals surface area contributed by atoms with Gasteiger partial charge in [0.2, 0.25) is 0 Å². The maximum atomic E-state index is 13.0. The molecule has 0 radical (unpaired) electrons. The van der Waals surface area contributed by atoms with Gasteiger partial charge in [0.1, 0.15) is 0 Å². The van der Waals surface area contributed by atoms with Gasteiger partial charge in [-0.15, -0.1) is 0 Å². The first-order valence-electron chi connectivity index (χ1n) is 8.98. The number of ether oxygens (including phenoxy) is 2. The third kappa shape index (κ3) is 3.69. The van der Waals surface area contributed by atoms with E-state index in [0.717, 1.165) is 24.6 Å². The molecule has 148 valence electrons. The van der Waals surface area contributed by atoms with Crippen molar-refractivity contribution >= 4 is 11.9 Å². The zero-order valence-corrected chi connectivity index (χ0v) is 14.8. The summed E-state index contributed by atoms with van der Waals surface area (Å²) in [6.45, 7) is 0.845. The Kier molecular flexibility index (Phi) is 4.53. The molecule has 0 bridgehead atoms. The molecule has 0 amide bonds. The second-order valence-electron chi connectivity index (χ2n) is 7.19. The Hall–Kier alpha value is -2.61. The molecule has 2 atom stereocenters. The van der Waals surface area contributed by atoms with Crippen molar-refractivity contribution in [3.8, 4) is 0 Å². The smallest absolute Gasteiger partial charge is 0.405 e. The van der Waals surface area contributed by atoms with E-state index in [4.69, 9.17) is 9.47 Å². The SMILES string of the molecule is O=C1C=CC(=O)OC2(CC=CCN2CC2CC2c2cccc(C(F)(F)F)c2)O1. The summed E-state index contributed by atoms with van der Waals surface area (Å²) < 4.78 is 49.7. The minimum absolute atomic E-state index is 0.0134. The molecule has 1 fully saturated rings. The summed E-state index contributed by atoms with van der Waals surface area (Å²) in [7, 11) is 0. The summed E-state index contributed by atoms with van der Waals surface area (Å²) in [4.78, 5) is 25.5. The van der Waals surface area contributed by atoms with Gasteiger partial charge in [0, 0.05) is 25.2 Å². The van der Waals surface area contributed by atoms with Crippen LogP contribution in [0.15, 0.2) is 48.6 Å². The highest BCUT2D eigenvalue weighted by molar-refractivity contribution is 5.93. The molecular weight excluding hydrogens is 375 g/mol. The first-order chi connectivity index (χ1) is 13.3. The molecule has 0 saturated heterocycles. The number of carbonyl (C=O) groups excluding carboxylic acids is 2. The lowest BCUT2D eigenvalue weighted by molar-refractivity contribution is -0.281. The van der Waals surface area contributed by atoms with Crippen molar-refractivity contribution < 1.29 is 32.2 Å². The normalized spacial score (nSPS) is 26.7. The van der Waals surface area contributed by atoms with Crippen molar-refractivity contribution in [2.24, 2.45) is 5.92 Å². The van der Waals surface area contributed by atoms with Gasteiger partial charge in [-0.05, 0) is 29.9 Å². The van der Waals surface area contributed by atoms with E-state index < -0.39 is 29.6 Å². The number of hydrogen-bond donors (Lipinski definition) is 0. The van der Waals surface area contributed by atoms with Crippen LogP contribution < -0.4 is 0 Å². The largest absolute Gasteiger partial charge is 0.416 e. The van der Waals surface area contributed by atoms with Crippen LogP contribution in [0.25, 0.3) is 0 Å². The Morgan fingerprint density at radius 1 is 1.11 bits per heavy atom. The van der Waals surface area contributed by atoms with Crippen LogP contribution in [0.2, 0.25) is 0 Å². The van der Waals surface area contributed by atoms with Gasteiger partial charge >= 0.3 is 24.0 Å². The van der Waals surface area contributed by atoms with Crippen LogP contribution in [-0.2, 0) is 25.2 Å². The van der Waals surface area contributed by atoms with E-state index in [1.54, 1.807) is 17.0 Å². The molecule has 1 saturated carbocycles. The van der Waals surface area contributed by atoms with E-state index in [1.807, 2.05) is 6.08 Å². The van der Waals surface area contributed by atoms with E-state index in [-0.39, 0.29) is 18.3 Å². The van der Waals surface area contributed by atoms with Gasteiger partial charge in [-0.3, -0.25) is 0 Å². The topological polar surface area (TPSA) is 55.8 Å². The second-order valence-corrected chi connectivity index (χ2v) is 7.19. The Morgan fingerprint density at radius 3 is 2.50 bits per heavy atom. The monoisotopic (exact) mass is 393 g/mol. The van der Waals surface area contributed by atoms with Crippen LogP contribution in [0, 0.1) is 5.92 Å². The number of rotatable bonds is 3. The van der Waals surface area contributed by atoms with E-state index in [9.17, 15) is 22.8 Å². The highest BCUT2D eigenvalue weighted by Gasteiger charge is 2.50. The average Bonchev–Trinajstić information content (AvgIpc) is 3.42. The number of alkyl halides is 3. The summed E-state index contributed by atoms with van der Waals surface area (Å²) in [5, 5.41) is 0. The summed E-state index contributed by atoms with van der Waals surface area (Å²) >= 11 is 0. The van der Waals surface area contributed by atoms with Crippen molar-refractivity contribution in [1.29, 1.82) is 0 Å². The molecule has 5 nitrogen and oxygen atoms in total. The Bertz CT molecular complexity index is 841. The molecule has 1 aromatic rings. The van der Waals surface area contributed by atoms with Crippen LogP contribution in [0.5, 0.6) is 0 Å². The molecule has 28 heavy (non-hydrogen) atoms. The predicted molar refractivity (Wildman–Crippen MR) is 91.7 cm³/mol. The lowest BCUT2D eigenvalue weighted by Gasteiger charge is -2.41. The molecule has 8 heteroatoms. The molecule has 2 unspecified atom stereocenters. The van der Waals surface area contributed by atoms with Crippen LogP contribution in [0.1, 0.15) is 29.9 Å². The van der Waals surface area contributed by atoms with Crippen molar-refractivity contribution in [3.63, 3.8) is 0 Å². The predicted octanol–water partition coefficient (Wildman–Crippen LogP) is 3.38. The highest BCUT2D eigenvalue weighted by Crippen LogP contribution is 2.49. The highest BCUT2D eigenvalue weighted by atomic mass is 19.4. The van der Waals surface area contributed by atoms with E-state index in [2.05, 4.69) is 0 Å². The first-order valence-corrected chi connectivity index (χ1v) is 8.98. The molecule has 0 N–H and O–H groups in total. The molecule has 1 spiro atoms. The third-order valence-corrected chi connectivity index (χ3v) is 5.25. The minimum Gasteiger partial charge on any atom is -0.405 e. The fourth-order valence-electron chi connectivity index (χ4n) is 3.75. The number of carbonyl (C=O) groups is 2. The van der Waals surface area contributed by atoms with Crippen LogP contribution in [0.4, 0.5) is 13.2 Å². The lowest BCUT2D eigenvalue weighted by Crippen LogP contribution is -2.56. The molecule has 4 rings (SSSR count). The lowest BCUT2D eigenvalue weighted by atomic mass is 10.0. The van der Waals surface area contributed by atoms with E-state index in [0.29, 0.717) is 18.7 Å². The second kappa shape index (κ2) is 6.77. The van der Waals surface area contributed by atoms with Crippen molar-refractivity contribution in [2.75, 3.05) is 13.1 Å². The number of esters is 2. The van der Waals surface area contributed by atoms with Crippen molar-refractivity contribution in [3.05, 3.63) is 59.7 Å². The molecule has 2 aliphatic heterocycles. The Labute approximate surface area is 159 Å². The van der Waals surface area contributed by atoms with Crippen molar-refractivity contribution in [2.45, 2.75) is 30.8 Å². The van der Waals surface area contributed by atoms with Gasteiger partial charge in [0.15, 0.2) is 0 Å². The van der Waals surface area contributed by atoms with Crippen LogP contribution in [0.3, 0.4) is 0 Å². The zero-order chi connectivity index (χ0) is 19.9. The van der Waals surface area contributed by atoms with E-state index >= 15 is 0 Å². The van der Waals surface area contributed by atoms with Crippen molar-refractivity contribution in [1.82, 2.24) is 4.90 Å². The van der Waals surface area contributed by atoms with Gasteiger partial charge in [0.25, 0.3) is 0 Å². The van der Waals surface area contributed by atoms with E-state index in [1.165, 1.54) is 12.1 Å². The Morgan fingerprint density at radius 2 is 1.82 bits per heavy atom. The van der Waals surface area contributed by atoms with Gasteiger partial charge in [-0.2, -0.15) is 13.2 Å². The van der Waals surface area contributed by atoms with Crippen LogP contribution >= 0.6 is 0 Å². The summed E-state index contributed by atoms with van der Waals surface area (Å²) in [5.74, 6) is -2.78. The van der Waals surface area contributed by atoms with Gasteiger partial charge in [0.05, 0.1) is 12.0 Å². The third-order valence-electron chi connectivity index (χ3n) is 5.25.